The Labute approximate surface area is 137 Å². The number of halogens is 2. The van der Waals surface area contributed by atoms with E-state index in [4.69, 9.17) is 0 Å². The SMILES string of the molecule is CCC=CC(C(C)CC)C1CC(F)=CC(F)=C1c1ccccn1. The van der Waals surface area contributed by atoms with Crippen molar-refractivity contribution in [1.29, 1.82) is 0 Å². The van der Waals surface area contributed by atoms with Gasteiger partial charge >= 0.3 is 0 Å². The monoisotopic (exact) mass is 317 g/mol. The summed E-state index contributed by atoms with van der Waals surface area (Å²) >= 11 is 0. The summed E-state index contributed by atoms with van der Waals surface area (Å²) < 4.78 is 28.5. The van der Waals surface area contributed by atoms with Crippen molar-refractivity contribution in [3.63, 3.8) is 0 Å². The van der Waals surface area contributed by atoms with Gasteiger partial charge in [-0.15, -0.1) is 0 Å². The number of nitrogens with zero attached hydrogens (tertiary/aromatic N) is 1. The summed E-state index contributed by atoms with van der Waals surface area (Å²) in [5, 5.41) is 0. The zero-order chi connectivity index (χ0) is 16.8. The van der Waals surface area contributed by atoms with Crippen molar-refractivity contribution in [1.82, 2.24) is 4.98 Å². The number of hydrogen-bond acceptors (Lipinski definition) is 1. The van der Waals surface area contributed by atoms with Crippen LogP contribution in [0.3, 0.4) is 0 Å². The smallest absolute Gasteiger partial charge is 0.131 e. The normalized spacial score (nSPS) is 21.4. The molecule has 1 aromatic rings. The molecule has 0 saturated heterocycles. The zero-order valence-electron chi connectivity index (χ0n) is 14.1. The van der Waals surface area contributed by atoms with Crippen molar-refractivity contribution in [2.24, 2.45) is 17.8 Å². The van der Waals surface area contributed by atoms with Gasteiger partial charge in [-0.3, -0.25) is 4.98 Å². The Balaban J connectivity index is 2.49. The predicted molar refractivity (Wildman–Crippen MR) is 91.9 cm³/mol. The Morgan fingerprint density at radius 1 is 1.30 bits per heavy atom. The second kappa shape index (κ2) is 8.19. The van der Waals surface area contributed by atoms with E-state index in [0.29, 0.717) is 17.2 Å². The van der Waals surface area contributed by atoms with E-state index in [9.17, 15) is 8.78 Å². The van der Waals surface area contributed by atoms with Gasteiger partial charge in [0, 0.05) is 30.2 Å². The molecule has 0 N–H and O–H groups in total. The number of allylic oxidation sites excluding steroid dienone is 6. The van der Waals surface area contributed by atoms with E-state index < -0.39 is 5.83 Å². The molecule has 1 heterocycles. The second-order valence-corrected chi connectivity index (χ2v) is 6.18. The van der Waals surface area contributed by atoms with Crippen molar-refractivity contribution in [2.45, 2.75) is 40.0 Å². The third-order valence-electron chi connectivity index (χ3n) is 4.63. The lowest BCUT2D eigenvalue weighted by Crippen LogP contribution is -2.24. The Morgan fingerprint density at radius 2 is 2.09 bits per heavy atom. The molecule has 0 aromatic carbocycles. The van der Waals surface area contributed by atoms with Crippen LogP contribution in [0.25, 0.3) is 5.57 Å². The highest BCUT2D eigenvalue weighted by atomic mass is 19.1. The van der Waals surface area contributed by atoms with Gasteiger partial charge in [-0.1, -0.05) is 45.4 Å². The minimum Gasteiger partial charge on any atom is -0.256 e. The van der Waals surface area contributed by atoms with E-state index in [2.05, 4.69) is 37.9 Å². The lowest BCUT2D eigenvalue weighted by Gasteiger charge is -2.32. The van der Waals surface area contributed by atoms with Crippen molar-refractivity contribution in [2.75, 3.05) is 0 Å². The summed E-state index contributed by atoms with van der Waals surface area (Å²) in [5.74, 6) is -0.643. The zero-order valence-corrected chi connectivity index (χ0v) is 14.1. The Morgan fingerprint density at radius 3 is 2.70 bits per heavy atom. The first-order chi connectivity index (χ1) is 11.1. The largest absolute Gasteiger partial charge is 0.256 e. The van der Waals surface area contributed by atoms with Gasteiger partial charge in [0.2, 0.25) is 0 Å². The van der Waals surface area contributed by atoms with E-state index in [0.717, 1.165) is 18.9 Å². The molecule has 1 aliphatic rings. The average molecular weight is 317 g/mol. The maximum atomic E-state index is 14.6. The van der Waals surface area contributed by atoms with Crippen LogP contribution in [-0.4, -0.2) is 4.98 Å². The van der Waals surface area contributed by atoms with Gasteiger partial charge in [-0.25, -0.2) is 8.78 Å². The second-order valence-electron chi connectivity index (χ2n) is 6.18. The van der Waals surface area contributed by atoms with Gasteiger partial charge in [0.1, 0.15) is 11.7 Å². The van der Waals surface area contributed by atoms with Crippen molar-refractivity contribution >= 4 is 5.57 Å². The molecule has 3 atom stereocenters. The van der Waals surface area contributed by atoms with E-state index in [-0.39, 0.29) is 24.1 Å². The number of rotatable bonds is 6. The number of aromatic nitrogens is 1. The van der Waals surface area contributed by atoms with E-state index in [1.54, 1.807) is 18.3 Å². The topological polar surface area (TPSA) is 12.9 Å². The third-order valence-corrected chi connectivity index (χ3v) is 4.63. The summed E-state index contributed by atoms with van der Waals surface area (Å²) in [5.41, 5.74) is 1.15. The molecule has 0 amide bonds. The minimum atomic E-state index is -0.490. The van der Waals surface area contributed by atoms with Gasteiger partial charge < -0.3 is 0 Å². The van der Waals surface area contributed by atoms with Crippen LogP contribution < -0.4 is 0 Å². The first-order valence-electron chi connectivity index (χ1n) is 8.42. The van der Waals surface area contributed by atoms with Gasteiger partial charge in [0.15, 0.2) is 0 Å². The highest BCUT2D eigenvalue weighted by Crippen LogP contribution is 2.44. The Bertz CT molecular complexity index is 601. The highest BCUT2D eigenvalue weighted by Gasteiger charge is 2.33. The minimum absolute atomic E-state index is 0.0992. The quantitative estimate of drug-likeness (QED) is 0.564. The molecule has 1 aromatic heterocycles. The lowest BCUT2D eigenvalue weighted by molar-refractivity contribution is 0.319. The van der Waals surface area contributed by atoms with Crippen LogP contribution in [0.4, 0.5) is 8.78 Å². The molecule has 0 radical (unpaired) electrons. The molecule has 1 nitrogen and oxygen atoms in total. The number of pyridine rings is 1. The molecule has 0 saturated carbocycles. The van der Waals surface area contributed by atoms with E-state index >= 15 is 0 Å². The van der Waals surface area contributed by atoms with Gasteiger partial charge in [0.05, 0.1) is 5.69 Å². The molecular formula is C20H25F2N. The molecule has 3 heteroatoms. The molecule has 1 aliphatic carbocycles. The molecule has 23 heavy (non-hydrogen) atoms. The Hall–Kier alpha value is -1.77. The number of hydrogen-bond donors (Lipinski definition) is 0. The fourth-order valence-electron chi connectivity index (χ4n) is 3.21. The Kier molecular flexibility index (Phi) is 6.26. The van der Waals surface area contributed by atoms with Crippen LogP contribution in [0.15, 0.2) is 54.3 Å². The van der Waals surface area contributed by atoms with E-state index in [1.807, 2.05) is 6.07 Å². The summed E-state index contributed by atoms with van der Waals surface area (Å²) in [6, 6.07) is 5.45. The van der Waals surface area contributed by atoms with Gasteiger partial charge in [0.25, 0.3) is 0 Å². The van der Waals surface area contributed by atoms with Gasteiger partial charge in [-0.2, -0.15) is 0 Å². The first-order valence-corrected chi connectivity index (χ1v) is 8.42. The van der Waals surface area contributed by atoms with Crippen LogP contribution >= 0.6 is 0 Å². The van der Waals surface area contributed by atoms with Crippen LogP contribution in [0.1, 0.15) is 45.7 Å². The average Bonchev–Trinajstić information content (AvgIpc) is 2.55. The fraction of sp³-hybridized carbons (Fsp3) is 0.450. The molecule has 2 rings (SSSR count). The fourth-order valence-corrected chi connectivity index (χ4v) is 3.21. The first kappa shape index (κ1) is 17.6. The lowest BCUT2D eigenvalue weighted by atomic mass is 9.72. The summed E-state index contributed by atoms with van der Waals surface area (Å²) in [4.78, 5) is 4.30. The molecule has 124 valence electrons. The summed E-state index contributed by atoms with van der Waals surface area (Å²) in [6.07, 6.45) is 9.02. The third kappa shape index (κ3) is 4.15. The van der Waals surface area contributed by atoms with Crippen molar-refractivity contribution < 1.29 is 8.78 Å². The molecule has 0 aliphatic heterocycles. The van der Waals surface area contributed by atoms with Crippen LogP contribution in [-0.2, 0) is 0 Å². The molecule has 0 spiro atoms. The molecule has 0 fully saturated rings. The van der Waals surface area contributed by atoms with Crippen molar-refractivity contribution in [3.8, 4) is 0 Å². The molecule has 0 bridgehead atoms. The standard InChI is InChI=1S/C20H25F2N/c1-4-6-9-16(14(3)5-2)17-12-15(21)13-18(22)20(17)19-10-7-8-11-23-19/h6-11,13-14,16-17H,4-5,12H2,1-3H3. The maximum Gasteiger partial charge on any atom is 0.131 e. The van der Waals surface area contributed by atoms with Crippen LogP contribution in [0.5, 0.6) is 0 Å². The predicted octanol–water partition coefficient (Wildman–Crippen LogP) is 6.26. The van der Waals surface area contributed by atoms with Crippen LogP contribution in [0, 0.1) is 17.8 Å². The van der Waals surface area contributed by atoms with E-state index in [1.165, 1.54) is 0 Å². The summed E-state index contributed by atoms with van der Waals surface area (Å²) in [7, 11) is 0. The maximum absolute atomic E-state index is 14.6. The van der Waals surface area contributed by atoms with Crippen molar-refractivity contribution in [3.05, 3.63) is 60.0 Å². The summed E-state index contributed by atoms with van der Waals surface area (Å²) in [6.45, 7) is 6.34. The molecule has 3 unspecified atom stereocenters. The highest BCUT2D eigenvalue weighted by molar-refractivity contribution is 5.71. The molecular weight excluding hydrogens is 292 g/mol. The van der Waals surface area contributed by atoms with Gasteiger partial charge in [-0.05, 0) is 30.4 Å². The van der Waals surface area contributed by atoms with Crippen LogP contribution in [0.2, 0.25) is 0 Å².